The van der Waals surface area contributed by atoms with Gasteiger partial charge in [0.15, 0.2) is 0 Å². The third-order valence-corrected chi connectivity index (χ3v) is 2.05. The van der Waals surface area contributed by atoms with Crippen LogP contribution in [0.5, 0.6) is 0 Å². The third kappa shape index (κ3) is 4.26. The first kappa shape index (κ1) is 13.7. The van der Waals surface area contributed by atoms with Crippen LogP contribution in [-0.4, -0.2) is 19.1 Å². The molecule has 0 atom stereocenters. The average molecular weight is 248 g/mol. The Kier molecular flexibility index (Phi) is 5.39. The highest BCUT2D eigenvalue weighted by Gasteiger charge is 2.02. The number of nitrogens with zero attached hydrogens (tertiary/aromatic N) is 1. The molecule has 18 heavy (non-hydrogen) atoms. The van der Waals surface area contributed by atoms with E-state index in [9.17, 15) is 9.18 Å². The zero-order chi connectivity index (χ0) is 13.4. The predicted molar refractivity (Wildman–Crippen MR) is 65.4 cm³/mol. The molecule has 0 saturated heterocycles. The number of rotatable bonds is 5. The van der Waals surface area contributed by atoms with Crippen LogP contribution in [0.1, 0.15) is 12.5 Å². The summed E-state index contributed by atoms with van der Waals surface area (Å²) in [5.41, 5.74) is 0.743. The molecule has 1 rings (SSSR count). The van der Waals surface area contributed by atoms with Crippen LogP contribution in [0.4, 0.5) is 10.1 Å². The van der Waals surface area contributed by atoms with E-state index in [-0.39, 0.29) is 5.56 Å². The van der Waals surface area contributed by atoms with Gasteiger partial charge in [0.1, 0.15) is 11.9 Å². The van der Waals surface area contributed by atoms with E-state index in [1.165, 1.54) is 18.2 Å². The Morgan fingerprint density at radius 2 is 2.39 bits per heavy atom. The van der Waals surface area contributed by atoms with Crippen molar-refractivity contribution in [3.63, 3.8) is 0 Å². The lowest BCUT2D eigenvalue weighted by molar-refractivity contribution is -0.137. The molecule has 0 aliphatic heterocycles. The Morgan fingerprint density at radius 1 is 1.61 bits per heavy atom. The number of carbonyl (C=O) groups is 1. The van der Waals surface area contributed by atoms with E-state index in [4.69, 9.17) is 10.00 Å². The number of benzene rings is 1. The largest absolute Gasteiger partial charge is 0.463 e. The molecule has 0 aromatic heterocycles. The summed E-state index contributed by atoms with van der Waals surface area (Å²) in [6.45, 7) is 2.40. The van der Waals surface area contributed by atoms with Crippen molar-refractivity contribution in [3.05, 3.63) is 41.7 Å². The topological polar surface area (TPSA) is 62.1 Å². The fourth-order valence-corrected chi connectivity index (χ4v) is 1.28. The summed E-state index contributed by atoms with van der Waals surface area (Å²) in [5, 5.41) is 11.7. The van der Waals surface area contributed by atoms with Crippen LogP contribution < -0.4 is 5.32 Å². The lowest BCUT2D eigenvalue weighted by Crippen LogP contribution is -2.03. The molecular formula is C13H13FN2O2. The van der Waals surface area contributed by atoms with Crippen LogP contribution >= 0.6 is 0 Å². The van der Waals surface area contributed by atoms with Gasteiger partial charge in [0.25, 0.3) is 0 Å². The fourth-order valence-electron chi connectivity index (χ4n) is 1.28. The van der Waals surface area contributed by atoms with Crippen molar-refractivity contribution >= 4 is 11.7 Å². The van der Waals surface area contributed by atoms with Crippen molar-refractivity contribution in [1.82, 2.24) is 0 Å². The molecule has 0 saturated carbocycles. The molecule has 5 heteroatoms. The van der Waals surface area contributed by atoms with Crippen LogP contribution in [0, 0.1) is 17.1 Å². The van der Waals surface area contributed by atoms with E-state index >= 15 is 0 Å². The van der Waals surface area contributed by atoms with E-state index in [1.54, 1.807) is 13.0 Å². The second-order valence-electron chi connectivity index (χ2n) is 3.34. The molecule has 0 fully saturated rings. The van der Waals surface area contributed by atoms with Gasteiger partial charge in [-0.15, -0.1) is 0 Å². The highest BCUT2D eigenvalue weighted by molar-refractivity contribution is 5.81. The second kappa shape index (κ2) is 7.07. The molecule has 94 valence electrons. The van der Waals surface area contributed by atoms with E-state index in [1.807, 2.05) is 6.07 Å². The molecule has 0 spiro atoms. The van der Waals surface area contributed by atoms with E-state index < -0.39 is 11.8 Å². The van der Waals surface area contributed by atoms with Crippen molar-refractivity contribution in [3.8, 4) is 6.07 Å². The van der Waals surface area contributed by atoms with Crippen molar-refractivity contribution in [1.29, 1.82) is 5.26 Å². The van der Waals surface area contributed by atoms with E-state index in [2.05, 4.69) is 5.32 Å². The number of esters is 1. The Bertz CT molecular complexity index is 492. The number of nitriles is 1. The molecule has 1 aromatic carbocycles. The number of nitrogens with one attached hydrogen (secondary N) is 1. The quantitative estimate of drug-likeness (QED) is 0.641. The van der Waals surface area contributed by atoms with Gasteiger partial charge >= 0.3 is 5.97 Å². The summed E-state index contributed by atoms with van der Waals surface area (Å²) < 4.78 is 17.6. The molecule has 1 N–H and O–H groups in total. The number of hydrogen-bond acceptors (Lipinski definition) is 4. The third-order valence-electron chi connectivity index (χ3n) is 2.05. The van der Waals surface area contributed by atoms with Crippen molar-refractivity contribution in [2.24, 2.45) is 0 Å². The second-order valence-corrected chi connectivity index (χ2v) is 3.34. The van der Waals surface area contributed by atoms with E-state index in [0.717, 1.165) is 6.07 Å². The van der Waals surface area contributed by atoms with Gasteiger partial charge in [0, 0.05) is 12.6 Å². The monoisotopic (exact) mass is 248 g/mol. The maximum absolute atomic E-state index is 12.9. The van der Waals surface area contributed by atoms with Crippen molar-refractivity contribution in [2.75, 3.05) is 18.5 Å². The molecule has 0 aliphatic carbocycles. The maximum atomic E-state index is 12.9. The minimum Gasteiger partial charge on any atom is -0.463 e. The lowest BCUT2D eigenvalue weighted by atomic mass is 10.2. The number of hydrogen-bond donors (Lipinski definition) is 1. The van der Waals surface area contributed by atoms with Crippen LogP contribution in [0.3, 0.4) is 0 Å². The SMILES string of the molecule is CCOC(=O)/C=C/CNc1ccc(F)cc1C#N. The summed E-state index contributed by atoms with van der Waals surface area (Å²) in [7, 11) is 0. The Hall–Kier alpha value is -2.35. The normalized spacial score (nSPS) is 10.1. The van der Waals surface area contributed by atoms with Gasteiger partial charge < -0.3 is 10.1 Å². The zero-order valence-electron chi connectivity index (χ0n) is 9.94. The van der Waals surface area contributed by atoms with Gasteiger partial charge in [-0.25, -0.2) is 9.18 Å². The van der Waals surface area contributed by atoms with Gasteiger partial charge in [-0.2, -0.15) is 5.26 Å². The van der Waals surface area contributed by atoms with E-state index in [0.29, 0.717) is 18.8 Å². The number of carbonyl (C=O) groups excluding carboxylic acids is 1. The predicted octanol–water partition coefficient (Wildman–Crippen LogP) is 2.23. The van der Waals surface area contributed by atoms with Gasteiger partial charge in [-0.3, -0.25) is 0 Å². The van der Waals surface area contributed by atoms with Crippen molar-refractivity contribution < 1.29 is 13.9 Å². The highest BCUT2D eigenvalue weighted by Crippen LogP contribution is 2.15. The number of halogens is 1. The standard InChI is InChI=1S/C13H13FN2O2/c1-2-18-13(17)4-3-7-16-12-6-5-11(14)8-10(12)9-15/h3-6,8,16H,2,7H2,1H3/b4-3+. The Morgan fingerprint density at radius 3 is 3.06 bits per heavy atom. The first-order valence-corrected chi connectivity index (χ1v) is 5.44. The van der Waals surface area contributed by atoms with Crippen LogP contribution in [0.15, 0.2) is 30.4 Å². The molecule has 0 unspecified atom stereocenters. The number of ether oxygens (including phenoxy) is 1. The minimum atomic E-state index is -0.459. The molecule has 0 amide bonds. The lowest BCUT2D eigenvalue weighted by Gasteiger charge is -2.05. The minimum absolute atomic E-state index is 0.222. The highest BCUT2D eigenvalue weighted by atomic mass is 19.1. The van der Waals surface area contributed by atoms with Crippen LogP contribution in [0.2, 0.25) is 0 Å². The summed E-state index contributed by atoms with van der Waals surface area (Å²) in [5.74, 6) is -0.877. The molecule has 0 heterocycles. The molecular weight excluding hydrogens is 235 g/mol. The Balaban J connectivity index is 2.54. The first-order chi connectivity index (χ1) is 8.67. The molecule has 0 radical (unpaired) electrons. The molecule has 1 aromatic rings. The van der Waals surface area contributed by atoms with Crippen LogP contribution in [0.25, 0.3) is 0 Å². The summed E-state index contributed by atoms with van der Waals surface area (Å²) in [4.78, 5) is 11.0. The van der Waals surface area contributed by atoms with Crippen molar-refractivity contribution in [2.45, 2.75) is 6.92 Å². The smallest absolute Gasteiger partial charge is 0.330 e. The molecule has 4 nitrogen and oxygen atoms in total. The van der Waals surface area contributed by atoms with Gasteiger partial charge in [-0.05, 0) is 25.1 Å². The summed E-state index contributed by atoms with van der Waals surface area (Å²) in [6, 6.07) is 5.78. The average Bonchev–Trinajstić information content (AvgIpc) is 2.36. The number of anilines is 1. The Labute approximate surface area is 105 Å². The maximum Gasteiger partial charge on any atom is 0.330 e. The zero-order valence-corrected chi connectivity index (χ0v) is 9.94. The molecule has 0 aliphatic rings. The van der Waals surface area contributed by atoms with Gasteiger partial charge in [-0.1, -0.05) is 6.08 Å². The first-order valence-electron chi connectivity index (χ1n) is 5.44. The fraction of sp³-hybridized carbons (Fsp3) is 0.231. The van der Waals surface area contributed by atoms with Gasteiger partial charge in [0.05, 0.1) is 17.9 Å². The van der Waals surface area contributed by atoms with Gasteiger partial charge in [0.2, 0.25) is 0 Å². The van der Waals surface area contributed by atoms with Crippen LogP contribution in [-0.2, 0) is 9.53 Å². The molecule has 0 bridgehead atoms. The summed E-state index contributed by atoms with van der Waals surface area (Å²) in [6.07, 6.45) is 2.87. The summed E-state index contributed by atoms with van der Waals surface area (Å²) >= 11 is 0.